The van der Waals surface area contributed by atoms with Crippen LogP contribution in [-0.4, -0.2) is 29.7 Å². The number of aliphatic carboxylic acids is 1. The zero-order valence-corrected chi connectivity index (χ0v) is 7.55. The van der Waals surface area contributed by atoms with Crippen molar-refractivity contribution in [1.82, 2.24) is 5.32 Å². The van der Waals surface area contributed by atoms with Crippen molar-refractivity contribution in [2.45, 2.75) is 32.2 Å². The van der Waals surface area contributed by atoms with Gasteiger partial charge in [-0.05, 0) is 19.3 Å². The molecule has 76 valence electrons. The number of amides is 1. The summed E-state index contributed by atoms with van der Waals surface area (Å²) < 4.78 is 11.7. The predicted octanol–water partition coefficient (Wildman–Crippen LogP) is 0.716. The highest BCUT2D eigenvalue weighted by Gasteiger charge is 2.16. The van der Waals surface area contributed by atoms with E-state index >= 15 is 0 Å². The summed E-state index contributed by atoms with van der Waals surface area (Å²) in [5, 5.41) is 10.9. The Bertz CT molecular complexity index is 184. The molecular formula is C8H14FNO3. The third-order valence-electron chi connectivity index (χ3n) is 1.55. The summed E-state index contributed by atoms with van der Waals surface area (Å²) in [6.07, 6.45) is 1.08. The Morgan fingerprint density at radius 1 is 1.46 bits per heavy atom. The van der Waals surface area contributed by atoms with E-state index in [0.29, 0.717) is 12.8 Å². The van der Waals surface area contributed by atoms with Gasteiger partial charge in [0.1, 0.15) is 6.04 Å². The van der Waals surface area contributed by atoms with Crippen molar-refractivity contribution in [3.8, 4) is 0 Å². The van der Waals surface area contributed by atoms with E-state index in [4.69, 9.17) is 5.11 Å². The summed E-state index contributed by atoms with van der Waals surface area (Å²) in [5.74, 6) is -1.46. The highest BCUT2D eigenvalue weighted by atomic mass is 19.1. The molecule has 0 aromatic heterocycles. The molecule has 0 bridgehead atoms. The molecule has 0 radical (unpaired) electrons. The number of carbonyl (C=O) groups is 2. The summed E-state index contributed by atoms with van der Waals surface area (Å²) in [6.45, 7) is 0.803. The largest absolute Gasteiger partial charge is 0.480 e. The first-order chi connectivity index (χ1) is 6.07. The molecule has 0 saturated carbocycles. The number of rotatable bonds is 6. The van der Waals surface area contributed by atoms with Crippen molar-refractivity contribution in [2.24, 2.45) is 0 Å². The third-order valence-corrected chi connectivity index (χ3v) is 1.55. The first-order valence-corrected chi connectivity index (χ1v) is 4.13. The minimum Gasteiger partial charge on any atom is -0.480 e. The fourth-order valence-electron chi connectivity index (χ4n) is 0.946. The Labute approximate surface area is 76.1 Å². The fraction of sp³-hybridized carbons (Fsp3) is 0.750. The molecule has 1 unspecified atom stereocenters. The quantitative estimate of drug-likeness (QED) is 0.608. The summed E-state index contributed by atoms with van der Waals surface area (Å²) in [6, 6.07) is -0.885. The van der Waals surface area contributed by atoms with Crippen molar-refractivity contribution < 1.29 is 19.1 Å². The molecule has 1 amide bonds. The molecule has 0 aromatic carbocycles. The number of alkyl halides is 1. The number of carboxylic acids is 1. The molecule has 5 heteroatoms. The van der Waals surface area contributed by atoms with Gasteiger partial charge in [0.2, 0.25) is 5.91 Å². The summed E-state index contributed by atoms with van der Waals surface area (Å²) >= 11 is 0. The van der Waals surface area contributed by atoms with E-state index in [1.807, 2.05) is 0 Å². The molecule has 0 aliphatic heterocycles. The lowest BCUT2D eigenvalue weighted by atomic mass is 10.1. The second-order valence-electron chi connectivity index (χ2n) is 2.78. The van der Waals surface area contributed by atoms with E-state index in [-0.39, 0.29) is 12.3 Å². The minimum atomic E-state index is -1.07. The van der Waals surface area contributed by atoms with Crippen LogP contribution >= 0.6 is 0 Å². The van der Waals surface area contributed by atoms with Crippen LogP contribution in [0.5, 0.6) is 0 Å². The standard InChI is InChI=1S/C8H14FNO3/c1-6(11)10-7(8(12)13)4-2-3-5-9/h7H,2-5H2,1H3,(H,10,11)(H,12,13). The van der Waals surface area contributed by atoms with Gasteiger partial charge in [-0.1, -0.05) is 0 Å². The summed E-state index contributed by atoms with van der Waals surface area (Å²) in [5.41, 5.74) is 0. The first kappa shape index (κ1) is 11.9. The summed E-state index contributed by atoms with van der Waals surface area (Å²) in [4.78, 5) is 21.1. The maximum Gasteiger partial charge on any atom is 0.326 e. The smallest absolute Gasteiger partial charge is 0.326 e. The van der Waals surface area contributed by atoms with Crippen LogP contribution < -0.4 is 5.32 Å². The van der Waals surface area contributed by atoms with E-state index < -0.39 is 18.7 Å². The van der Waals surface area contributed by atoms with Crippen LogP contribution in [-0.2, 0) is 9.59 Å². The molecule has 2 N–H and O–H groups in total. The molecule has 0 spiro atoms. The lowest BCUT2D eigenvalue weighted by Gasteiger charge is -2.11. The number of hydrogen-bond acceptors (Lipinski definition) is 2. The lowest BCUT2D eigenvalue weighted by molar-refractivity contribution is -0.141. The fourth-order valence-corrected chi connectivity index (χ4v) is 0.946. The Morgan fingerprint density at radius 2 is 2.08 bits per heavy atom. The van der Waals surface area contributed by atoms with Crippen molar-refractivity contribution in [3.63, 3.8) is 0 Å². The van der Waals surface area contributed by atoms with Gasteiger partial charge in [0.05, 0.1) is 6.67 Å². The number of carboxylic acid groups (broad SMARTS) is 1. The minimum absolute atomic E-state index is 0.277. The maximum atomic E-state index is 11.7. The van der Waals surface area contributed by atoms with Gasteiger partial charge in [-0.2, -0.15) is 0 Å². The van der Waals surface area contributed by atoms with Crippen molar-refractivity contribution in [2.75, 3.05) is 6.67 Å². The monoisotopic (exact) mass is 191 g/mol. The van der Waals surface area contributed by atoms with Gasteiger partial charge in [0, 0.05) is 6.92 Å². The van der Waals surface area contributed by atoms with Gasteiger partial charge in [0.25, 0.3) is 0 Å². The normalized spacial score (nSPS) is 12.2. The number of nitrogens with one attached hydrogen (secondary N) is 1. The average molecular weight is 191 g/mol. The van der Waals surface area contributed by atoms with Crippen molar-refractivity contribution in [1.29, 1.82) is 0 Å². The molecule has 0 saturated heterocycles. The predicted molar refractivity (Wildman–Crippen MR) is 45.1 cm³/mol. The van der Waals surface area contributed by atoms with E-state index in [9.17, 15) is 14.0 Å². The summed E-state index contributed by atoms with van der Waals surface area (Å²) in [7, 11) is 0. The zero-order chi connectivity index (χ0) is 10.3. The Morgan fingerprint density at radius 3 is 2.46 bits per heavy atom. The van der Waals surface area contributed by atoms with Crippen LogP contribution in [0.15, 0.2) is 0 Å². The van der Waals surface area contributed by atoms with Crippen LogP contribution in [0.25, 0.3) is 0 Å². The molecule has 0 fully saturated rings. The van der Waals surface area contributed by atoms with Gasteiger partial charge < -0.3 is 10.4 Å². The molecule has 0 aliphatic rings. The van der Waals surface area contributed by atoms with Crippen LogP contribution in [0.4, 0.5) is 4.39 Å². The third kappa shape index (κ3) is 6.07. The van der Waals surface area contributed by atoms with Crippen molar-refractivity contribution >= 4 is 11.9 Å². The van der Waals surface area contributed by atoms with Crippen LogP contribution in [0.1, 0.15) is 26.2 Å². The van der Waals surface area contributed by atoms with E-state index in [1.54, 1.807) is 0 Å². The zero-order valence-electron chi connectivity index (χ0n) is 7.55. The Balaban J connectivity index is 3.81. The second kappa shape index (κ2) is 6.39. The van der Waals surface area contributed by atoms with E-state index in [0.717, 1.165) is 0 Å². The van der Waals surface area contributed by atoms with Crippen LogP contribution in [0, 0.1) is 0 Å². The molecule has 0 aromatic rings. The van der Waals surface area contributed by atoms with Crippen molar-refractivity contribution in [3.05, 3.63) is 0 Å². The van der Waals surface area contributed by atoms with Gasteiger partial charge in [-0.25, -0.2) is 4.79 Å². The molecule has 4 nitrogen and oxygen atoms in total. The highest BCUT2D eigenvalue weighted by Crippen LogP contribution is 2.01. The lowest BCUT2D eigenvalue weighted by Crippen LogP contribution is -2.39. The number of carbonyl (C=O) groups excluding carboxylic acids is 1. The van der Waals surface area contributed by atoms with Gasteiger partial charge in [-0.3, -0.25) is 9.18 Å². The number of hydrogen-bond donors (Lipinski definition) is 2. The van der Waals surface area contributed by atoms with Crippen LogP contribution in [0.3, 0.4) is 0 Å². The Hall–Kier alpha value is -1.13. The average Bonchev–Trinajstić information content (AvgIpc) is 2.02. The Kier molecular flexibility index (Phi) is 5.84. The topological polar surface area (TPSA) is 66.4 Å². The second-order valence-corrected chi connectivity index (χ2v) is 2.78. The molecule has 0 aliphatic carbocycles. The molecule has 13 heavy (non-hydrogen) atoms. The first-order valence-electron chi connectivity index (χ1n) is 4.13. The van der Waals surface area contributed by atoms with Gasteiger partial charge >= 0.3 is 5.97 Å². The van der Waals surface area contributed by atoms with E-state index in [2.05, 4.69) is 5.32 Å². The van der Waals surface area contributed by atoms with Gasteiger partial charge in [-0.15, -0.1) is 0 Å². The molecule has 1 atom stereocenters. The number of halogens is 1. The highest BCUT2D eigenvalue weighted by molar-refractivity contribution is 5.81. The molecular weight excluding hydrogens is 177 g/mol. The molecule has 0 rings (SSSR count). The maximum absolute atomic E-state index is 11.7. The number of unbranched alkanes of at least 4 members (excludes halogenated alkanes) is 1. The molecule has 0 heterocycles. The van der Waals surface area contributed by atoms with Gasteiger partial charge in [0.15, 0.2) is 0 Å². The van der Waals surface area contributed by atoms with Crippen LogP contribution in [0.2, 0.25) is 0 Å². The SMILES string of the molecule is CC(=O)NC(CCCCF)C(=O)O. The van der Waals surface area contributed by atoms with E-state index in [1.165, 1.54) is 6.92 Å².